The molecule has 0 amide bonds. The fourth-order valence-electron chi connectivity index (χ4n) is 4.62. The zero-order chi connectivity index (χ0) is 13.1. The van der Waals surface area contributed by atoms with Crippen LogP contribution in [0, 0.1) is 11.3 Å². The SMILES string of the molecule is CN1CCC(CN2CCC3(CCCCC3)CC2)CC1. The highest BCUT2D eigenvalue weighted by atomic mass is 15.1. The summed E-state index contributed by atoms with van der Waals surface area (Å²) >= 11 is 0. The van der Waals surface area contributed by atoms with E-state index in [2.05, 4.69) is 16.8 Å². The minimum absolute atomic E-state index is 0.779. The van der Waals surface area contributed by atoms with E-state index in [0.717, 1.165) is 11.3 Å². The Bertz CT molecular complexity index is 265. The lowest BCUT2D eigenvalue weighted by molar-refractivity contribution is 0.0527. The Morgan fingerprint density at radius 2 is 1.47 bits per heavy atom. The second-order valence-electron chi connectivity index (χ2n) is 7.61. The van der Waals surface area contributed by atoms with E-state index in [1.54, 1.807) is 0 Å². The first-order valence-electron chi connectivity index (χ1n) is 8.67. The van der Waals surface area contributed by atoms with Crippen LogP contribution in [-0.4, -0.2) is 49.6 Å². The maximum atomic E-state index is 2.79. The Morgan fingerprint density at radius 1 is 0.842 bits per heavy atom. The van der Waals surface area contributed by atoms with E-state index in [1.165, 1.54) is 90.5 Å². The molecule has 1 aliphatic carbocycles. The average molecular weight is 264 g/mol. The van der Waals surface area contributed by atoms with Crippen molar-refractivity contribution >= 4 is 0 Å². The van der Waals surface area contributed by atoms with Gasteiger partial charge in [-0.3, -0.25) is 0 Å². The van der Waals surface area contributed by atoms with E-state index in [1.807, 2.05) is 0 Å². The van der Waals surface area contributed by atoms with Crippen molar-refractivity contribution < 1.29 is 0 Å². The molecule has 1 saturated carbocycles. The average Bonchev–Trinajstić information content (AvgIpc) is 2.45. The number of nitrogens with zero attached hydrogens (tertiary/aromatic N) is 2. The molecule has 2 saturated heterocycles. The van der Waals surface area contributed by atoms with Crippen molar-refractivity contribution in [1.82, 2.24) is 9.80 Å². The third-order valence-corrected chi connectivity index (χ3v) is 6.19. The van der Waals surface area contributed by atoms with Gasteiger partial charge in [-0.15, -0.1) is 0 Å². The number of likely N-dealkylation sites (tertiary alicyclic amines) is 2. The van der Waals surface area contributed by atoms with Gasteiger partial charge in [0.25, 0.3) is 0 Å². The van der Waals surface area contributed by atoms with Crippen LogP contribution < -0.4 is 0 Å². The van der Waals surface area contributed by atoms with Gasteiger partial charge in [-0.2, -0.15) is 0 Å². The molecule has 0 unspecified atom stereocenters. The Hall–Kier alpha value is -0.0800. The topological polar surface area (TPSA) is 6.48 Å². The Labute approximate surface area is 119 Å². The van der Waals surface area contributed by atoms with E-state index in [-0.39, 0.29) is 0 Å². The fourth-order valence-corrected chi connectivity index (χ4v) is 4.62. The van der Waals surface area contributed by atoms with Gasteiger partial charge in [-0.1, -0.05) is 19.3 Å². The van der Waals surface area contributed by atoms with E-state index >= 15 is 0 Å². The van der Waals surface area contributed by atoms with Crippen LogP contribution in [0.3, 0.4) is 0 Å². The largest absolute Gasteiger partial charge is 0.306 e. The Kier molecular flexibility index (Phi) is 4.48. The minimum Gasteiger partial charge on any atom is -0.306 e. The van der Waals surface area contributed by atoms with Gasteiger partial charge in [0.15, 0.2) is 0 Å². The molecule has 2 nitrogen and oxygen atoms in total. The molecule has 2 aliphatic heterocycles. The summed E-state index contributed by atoms with van der Waals surface area (Å²) in [4.78, 5) is 5.28. The first-order valence-corrected chi connectivity index (χ1v) is 8.67. The molecule has 2 heteroatoms. The van der Waals surface area contributed by atoms with Crippen LogP contribution >= 0.6 is 0 Å². The van der Waals surface area contributed by atoms with Crippen molar-refractivity contribution in [1.29, 1.82) is 0 Å². The van der Waals surface area contributed by atoms with Gasteiger partial charge in [0.2, 0.25) is 0 Å². The number of hydrogen-bond acceptors (Lipinski definition) is 2. The quantitative estimate of drug-likeness (QED) is 0.754. The van der Waals surface area contributed by atoms with Gasteiger partial charge < -0.3 is 9.80 Å². The van der Waals surface area contributed by atoms with Crippen LogP contribution in [0.5, 0.6) is 0 Å². The van der Waals surface area contributed by atoms with E-state index in [4.69, 9.17) is 0 Å². The zero-order valence-electron chi connectivity index (χ0n) is 12.9. The molecule has 3 rings (SSSR count). The van der Waals surface area contributed by atoms with Gasteiger partial charge in [0.1, 0.15) is 0 Å². The maximum Gasteiger partial charge on any atom is 0.00106 e. The third-order valence-electron chi connectivity index (χ3n) is 6.19. The first kappa shape index (κ1) is 13.9. The monoisotopic (exact) mass is 264 g/mol. The van der Waals surface area contributed by atoms with Gasteiger partial charge in [0, 0.05) is 6.54 Å². The molecular weight excluding hydrogens is 232 g/mol. The summed E-state index contributed by atoms with van der Waals surface area (Å²) in [6.45, 7) is 6.83. The lowest BCUT2D eigenvalue weighted by Gasteiger charge is -2.45. The molecule has 0 bridgehead atoms. The Morgan fingerprint density at radius 3 is 2.11 bits per heavy atom. The zero-order valence-corrected chi connectivity index (χ0v) is 12.9. The molecular formula is C17H32N2. The normalized spacial score (nSPS) is 30.8. The molecule has 19 heavy (non-hydrogen) atoms. The van der Waals surface area contributed by atoms with Gasteiger partial charge in [0.05, 0.1) is 0 Å². The van der Waals surface area contributed by atoms with Crippen LogP contribution in [0.4, 0.5) is 0 Å². The van der Waals surface area contributed by atoms with Crippen molar-refractivity contribution in [2.24, 2.45) is 11.3 Å². The summed E-state index contributed by atoms with van der Waals surface area (Å²) in [5.41, 5.74) is 0.779. The molecule has 3 aliphatic rings. The summed E-state index contributed by atoms with van der Waals surface area (Å²) in [5.74, 6) is 0.983. The lowest BCUT2D eigenvalue weighted by atomic mass is 9.68. The molecule has 0 radical (unpaired) electrons. The molecule has 0 aromatic carbocycles. The number of rotatable bonds is 2. The predicted octanol–water partition coefficient (Wildman–Crippen LogP) is 3.37. The molecule has 1 spiro atoms. The molecule has 2 heterocycles. The van der Waals surface area contributed by atoms with E-state index in [0.29, 0.717) is 0 Å². The van der Waals surface area contributed by atoms with Crippen molar-refractivity contribution in [3.05, 3.63) is 0 Å². The van der Waals surface area contributed by atoms with Gasteiger partial charge in [-0.05, 0) is 83.1 Å². The fraction of sp³-hybridized carbons (Fsp3) is 1.00. The van der Waals surface area contributed by atoms with E-state index in [9.17, 15) is 0 Å². The second kappa shape index (κ2) is 6.13. The first-order chi connectivity index (χ1) is 9.26. The summed E-state index contributed by atoms with van der Waals surface area (Å²) < 4.78 is 0. The summed E-state index contributed by atoms with van der Waals surface area (Å²) in [5, 5.41) is 0. The highest BCUT2D eigenvalue weighted by Crippen LogP contribution is 2.44. The highest BCUT2D eigenvalue weighted by molar-refractivity contribution is 4.89. The third kappa shape index (κ3) is 3.52. The van der Waals surface area contributed by atoms with Crippen molar-refractivity contribution in [2.75, 3.05) is 39.8 Å². The van der Waals surface area contributed by atoms with Crippen LogP contribution in [0.25, 0.3) is 0 Å². The van der Waals surface area contributed by atoms with Crippen LogP contribution in [0.2, 0.25) is 0 Å². The smallest absolute Gasteiger partial charge is 0.00106 e. The van der Waals surface area contributed by atoms with Crippen LogP contribution in [0.1, 0.15) is 57.8 Å². The maximum absolute atomic E-state index is 2.79. The van der Waals surface area contributed by atoms with Crippen LogP contribution in [0.15, 0.2) is 0 Å². The Balaban J connectivity index is 1.42. The lowest BCUT2D eigenvalue weighted by Crippen LogP contribution is -2.44. The number of piperidine rings is 2. The molecule has 0 N–H and O–H groups in total. The molecule has 110 valence electrons. The number of hydrogen-bond donors (Lipinski definition) is 0. The van der Waals surface area contributed by atoms with Crippen molar-refractivity contribution in [3.8, 4) is 0 Å². The van der Waals surface area contributed by atoms with E-state index < -0.39 is 0 Å². The standard InChI is InChI=1S/C17H32N2/c1-18-11-5-16(6-12-18)15-19-13-9-17(10-14-19)7-3-2-4-8-17/h16H,2-15H2,1H3. The molecule has 0 atom stereocenters. The summed E-state index contributed by atoms with van der Waals surface area (Å²) in [6.07, 6.45) is 13.4. The van der Waals surface area contributed by atoms with Gasteiger partial charge in [-0.25, -0.2) is 0 Å². The summed E-state index contributed by atoms with van der Waals surface area (Å²) in [7, 11) is 2.27. The molecule has 3 fully saturated rings. The second-order valence-corrected chi connectivity index (χ2v) is 7.61. The van der Waals surface area contributed by atoms with Crippen molar-refractivity contribution in [3.63, 3.8) is 0 Å². The van der Waals surface area contributed by atoms with Gasteiger partial charge >= 0.3 is 0 Å². The van der Waals surface area contributed by atoms with Crippen LogP contribution in [-0.2, 0) is 0 Å². The summed E-state index contributed by atoms with van der Waals surface area (Å²) in [6, 6.07) is 0. The molecule has 0 aromatic heterocycles. The highest BCUT2D eigenvalue weighted by Gasteiger charge is 2.35. The minimum atomic E-state index is 0.779. The molecule has 0 aromatic rings. The van der Waals surface area contributed by atoms with Crippen molar-refractivity contribution in [2.45, 2.75) is 57.8 Å². The predicted molar refractivity (Wildman–Crippen MR) is 81.4 cm³/mol.